The monoisotopic (exact) mass is 382 g/mol. The molecule has 0 saturated carbocycles. The fourth-order valence-corrected chi connectivity index (χ4v) is 3.41. The van der Waals surface area contributed by atoms with Crippen LogP contribution in [0.5, 0.6) is 0 Å². The summed E-state index contributed by atoms with van der Waals surface area (Å²) >= 11 is 0. The maximum atomic E-state index is 12.3. The van der Waals surface area contributed by atoms with Gasteiger partial charge in [0.05, 0.1) is 11.8 Å². The molecule has 144 valence electrons. The molecule has 0 bridgehead atoms. The van der Waals surface area contributed by atoms with E-state index in [4.69, 9.17) is 0 Å². The lowest BCUT2D eigenvalue weighted by atomic mass is 10.1. The number of para-hydroxylation sites is 1. The van der Waals surface area contributed by atoms with Gasteiger partial charge in [0.1, 0.15) is 0 Å². The van der Waals surface area contributed by atoms with E-state index in [0.29, 0.717) is 5.56 Å². The maximum Gasteiger partial charge on any atom is 0.272 e. The lowest BCUT2D eigenvalue weighted by Crippen LogP contribution is -2.17. The highest BCUT2D eigenvalue weighted by Crippen LogP contribution is 2.25. The second kappa shape index (κ2) is 8.10. The van der Waals surface area contributed by atoms with Crippen molar-refractivity contribution in [3.8, 4) is 0 Å². The molecule has 2 aromatic carbocycles. The lowest BCUT2D eigenvalue weighted by molar-refractivity contribution is 0.0955. The molecule has 5 heteroatoms. The molecule has 0 aliphatic carbocycles. The zero-order valence-electron chi connectivity index (χ0n) is 16.5. The molecule has 1 N–H and O–H groups in total. The van der Waals surface area contributed by atoms with Crippen LogP contribution in [-0.2, 0) is 6.54 Å². The summed E-state index contributed by atoms with van der Waals surface area (Å²) in [7, 11) is 0. The van der Waals surface area contributed by atoms with Crippen LogP contribution in [0.4, 0.5) is 0 Å². The van der Waals surface area contributed by atoms with E-state index >= 15 is 0 Å². The van der Waals surface area contributed by atoms with E-state index in [-0.39, 0.29) is 5.91 Å². The van der Waals surface area contributed by atoms with Gasteiger partial charge in [-0.2, -0.15) is 5.10 Å². The Morgan fingerprint density at radius 1 is 1.03 bits per heavy atom. The highest BCUT2D eigenvalue weighted by molar-refractivity contribution is 6.02. The molecule has 2 aromatic heterocycles. The van der Waals surface area contributed by atoms with Gasteiger partial charge < -0.3 is 4.57 Å². The van der Waals surface area contributed by atoms with E-state index in [9.17, 15) is 4.79 Å². The van der Waals surface area contributed by atoms with Gasteiger partial charge in [0.15, 0.2) is 0 Å². The van der Waals surface area contributed by atoms with Gasteiger partial charge >= 0.3 is 0 Å². The standard InChI is InChI=1S/C24H22N4O/c1-17-12-13-20(14-25-17)24(29)27-26-15-22-18(2)28(16-19-8-4-3-5-9-19)23-11-7-6-10-21(22)23/h3-15H,16H2,1-2H3,(H,27,29)/b26-15+. The zero-order valence-corrected chi connectivity index (χ0v) is 16.5. The van der Waals surface area contributed by atoms with Crippen molar-refractivity contribution >= 4 is 23.0 Å². The molecule has 5 nitrogen and oxygen atoms in total. The van der Waals surface area contributed by atoms with E-state index < -0.39 is 0 Å². The van der Waals surface area contributed by atoms with Crippen LogP contribution < -0.4 is 5.43 Å². The number of carbonyl (C=O) groups is 1. The Bertz CT molecular complexity index is 1170. The third-order valence-corrected chi connectivity index (χ3v) is 5.00. The number of hydrazone groups is 1. The highest BCUT2D eigenvalue weighted by atomic mass is 16.2. The Morgan fingerprint density at radius 3 is 2.55 bits per heavy atom. The van der Waals surface area contributed by atoms with Crippen LogP contribution in [0.1, 0.15) is 32.9 Å². The minimum atomic E-state index is -0.278. The fourth-order valence-electron chi connectivity index (χ4n) is 3.41. The summed E-state index contributed by atoms with van der Waals surface area (Å²) in [5, 5.41) is 5.31. The Hall–Kier alpha value is -3.73. The third kappa shape index (κ3) is 3.94. The van der Waals surface area contributed by atoms with Crippen LogP contribution in [0.3, 0.4) is 0 Å². The van der Waals surface area contributed by atoms with E-state index in [2.05, 4.69) is 51.3 Å². The number of nitrogens with one attached hydrogen (secondary N) is 1. The molecule has 29 heavy (non-hydrogen) atoms. The normalized spacial score (nSPS) is 11.2. The van der Waals surface area contributed by atoms with E-state index in [0.717, 1.165) is 34.4 Å². The van der Waals surface area contributed by atoms with Gasteiger partial charge in [-0.05, 0) is 37.6 Å². The van der Waals surface area contributed by atoms with Crippen molar-refractivity contribution in [2.45, 2.75) is 20.4 Å². The van der Waals surface area contributed by atoms with Crippen molar-refractivity contribution < 1.29 is 4.79 Å². The molecule has 0 spiro atoms. The summed E-state index contributed by atoms with van der Waals surface area (Å²) in [6.45, 7) is 4.74. The van der Waals surface area contributed by atoms with Crippen LogP contribution in [0, 0.1) is 13.8 Å². The Morgan fingerprint density at radius 2 is 1.79 bits per heavy atom. The number of benzene rings is 2. The predicted molar refractivity (Wildman–Crippen MR) is 116 cm³/mol. The molecule has 0 unspecified atom stereocenters. The van der Waals surface area contributed by atoms with E-state index in [1.54, 1.807) is 24.5 Å². The van der Waals surface area contributed by atoms with Crippen LogP contribution >= 0.6 is 0 Å². The summed E-state index contributed by atoms with van der Waals surface area (Å²) in [5.41, 5.74) is 8.43. The van der Waals surface area contributed by atoms with Gasteiger partial charge in [0.25, 0.3) is 5.91 Å². The average molecular weight is 382 g/mol. The van der Waals surface area contributed by atoms with E-state index in [1.165, 1.54) is 5.56 Å². The Kier molecular flexibility index (Phi) is 5.20. The number of rotatable bonds is 5. The van der Waals surface area contributed by atoms with Gasteiger partial charge in [-0.15, -0.1) is 0 Å². The summed E-state index contributed by atoms with van der Waals surface area (Å²) in [5.74, 6) is -0.278. The first-order chi connectivity index (χ1) is 14.1. The van der Waals surface area contributed by atoms with Crippen LogP contribution in [0.2, 0.25) is 0 Å². The number of aromatic nitrogens is 2. The molecule has 0 aliphatic heterocycles. The number of pyridine rings is 1. The van der Waals surface area contributed by atoms with Crippen molar-refractivity contribution in [2.75, 3.05) is 0 Å². The first kappa shape index (κ1) is 18.6. The molecule has 4 rings (SSSR count). The Balaban J connectivity index is 1.62. The molecule has 4 aromatic rings. The molecular weight excluding hydrogens is 360 g/mol. The van der Waals surface area contributed by atoms with Gasteiger partial charge in [-0.25, -0.2) is 5.43 Å². The summed E-state index contributed by atoms with van der Waals surface area (Å²) in [4.78, 5) is 16.4. The molecular formula is C24H22N4O. The predicted octanol–water partition coefficient (Wildman–Crippen LogP) is 4.47. The quantitative estimate of drug-likeness (QED) is 0.409. The smallest absolute Gasteiger partial charge is 0.272 e. The van der Waals surface area contributed by atoms with Crippen LogP contribution in [0.15, 0.2) is 78.0 Å². The number of hydrogen-bond acceptors (Lipinski definition) is 3. The number of fused-ring (bicyclic) bond motifs is 1. The summed E-state index contributed by atoms with van der Waals surface area (Å²) in [6, 6.07) is 22.2. The van der Waals surface area contributed by atoms with Gasteiger partial charge in [-0.3, -0.25) is 9.78 Å². The van der Waals surface area contributed by atoms with Crippen LogP contribution in [0.25, 0.3) is 10.9 Å². The molecule has 2 heterocycles. The average Bonchev–Trinajstić information content (AvgIpc) is 3.01. The topological polar surface area (TPSA) is 59.3 Å². The second-order valence-corrected chi connectivity index (χ2v) is 6.98. The molecule has 0 aliphatic rings. The van der Waals surface area contributed by atoms with Crippen molar-refractivity contribution in [3.05, 3.63) is 101 Å². The van der Waals surface area contributed by atoms with Gasteiger partial charge in [0.2, 0.25) is 0 Å². The minimum absolute atomic E-state index is 0.278. The molecule has 0 radical (unpaired) electrons. The largest absolute Gasteiger partial charge is 0.340 e. The number of nitrogens with zero attached hydrogens (tertiary/aromatic N) is 3. The van der Waals surface area contributed by atoms with Crippen molar-refractivity contribution in [1.82, 2.24) is 15.0 Å². The Labute approximate surface area is 169 Å². The van der Waals surface area contributed by atoms with Crippen LogP contribution in [-0.4, -0.2) is 21.7 Å². The molecule has 0 saturated heterocycles. The van der Waals surface area contributed by atoms with Gasteiger partial charge in [0, 0.05) is 40.6 Å². The lowest BCUT2D eigenvalue weighted by Gasteiger charge is -2.08. The first-order valence-electron chi connectivity index (χ1n) is 9.51. The number of aryl methyl sites for hydroxylation is 1. The van der Waals surface area contributed by atoms with Crippen molar-refractivity contribution in [3.63, 3.8) is 0 Å². The molecule has 0 atom stereocenters. The fraction of sp³-hybridized carbons (Fsp3) is 0.125. The zero-order chi connectivity index (χ0) is 20.2. The van der Waals surface area contributed by atoms with E-state index in [1.807, 2.05) is 37.3 Å². The third-order valence-electron chi connectivity index (χ3n) is 5.00. The molecule has 0 fully saturated rings. The van der Waals surface area contributed by atoms with Gasteiger partial charge in [-0.1, -0.05) is 48.5 Å². The minimum Gasteiger partial charge on any atom is -0.340 e. The summed E-state index contributed by atoms with van der Waals surface area (Å²) in [6.07, 6.45) is 3.27. The first-order valence-corrected chi connectivity index (χ1v) is 9.51. The van der Waals surface area contributed by atoms with Crippen molar-refractivity contribution in [2.24, 2.45) is 5.10 Å². The number of hydrogen-bond donors (Lipinski definition) is 1. The second-order valence-electron chi connectivity index (χ2n) is 6.98. The SMILES string of the molecule is Cc1ccc(C(=O)N/N=C/c2c(C)n(Cc3ccccc3)c3ccccc23)cn1. The maximum absolute atomic E-state index is 12.3. The summed E-state index contributed by atoms with van der Waals surface area (Å²) < 4.78 is 2.28. The number of carbonyl (C=O) groups excluding carboxylic acids is 1. The number of amides is 1. The molecule has 1 amide bonds. The van der Waals surface area contributed by atoms with Crippen molar-refractivity contribution in [1.29, 1.82) is 0 Å². The highest BCUT2D eigenvalue weighted by Gasteiger charge is 2.13.